The van der Waals surface area contributed by atoms with E-state index in [4.69, 9.17) is 0 Å². The van der Waals surface area contributed by atoms with Crippen LogP contribution in [0.4, 0.5) is 0 Å². The Morgan fingerprint density at radius 1 is 1.28 bits per heavy atom. The predicted molar refractivity (Wildman–Crippen MR) is 70.2 cm³/mol. The maximum atomic E-state index is 11.9. The number of amides is 1. The molecule has 1 amide bonds. The molecule has 0 unspecified atom stereocenters. The van der Waals surface area contributed by atoms with Crippen LogP contribution < -0.4 is 0 Å². The molecule has 1 atom stereocenters. The maximum Gasteiger partial charge on any atom is 0.246 e. The van der Waals surface area contributed by atoms with Gasteiger partial charge in [-0.2, -0.15) is 0 Å². The Bertz CT molecular complexity index is 668. The van der Waals surface area contributed by atoms with Crippen molar-refractivity contribution in [1.29, 1.82) is 0 Å². The van der Waals surface area contributed by atoms with Gasteiger partial charge < -0.3 is 9.88 Å². The van der Waals surface area contributed by atoms with E-state index >= 15 is 0 Å². The molecule has 0 fully saturated rings. The number of aromatic amines is 1. The first-order valence-electron chi connectivity index (χ1n) is 6.41. The van der Waals surface area contributed by atoms with Crippen molar-refractivity contribution in [3.05, 3.63) is 47.7 Å². The summed E-state index contributed by atoms with van der Waals surface area (Å²) in [4.78, 5) is 17.4. The lowest BCUT2D eigenvalue weighted by atomic mass is 9.93. The minimum atomic E-state index is 0.149. The molecule has 1 N–H and O–H groups in total. The van der Waals surface area contributed by atoms with E-state index in [9.17, 15) is 4.79 Å². The van der Waals surface area contributed by atoms with Crippen molar-refractivity contribution in [2.24, 2.45) is 0 Å². The van der Waals surface area contributed by atoms with Crippen LogP contribution in [0.1, 0.15) is 23.7 Å². The number of hydrogen-bond acceptors (Lipinski definition) is 1. The normalized spacial score (nSPS) is 22.1. The van der Waals surface area contributed by atoms with E-state index in [0.717, 1.165) is 19.4 Å². The molecular formula is C15H14N2O. The highest BCUT2D eigenvalue weighted by atomic mass is 16.2. The maximum absolute atomic E-state index is 11.9. The van der Waals surface area contributed by atoms with Gasteiger partial charge in [0.05, 0.1) is 6.04 Å². The lowest BCUT2D eigenvalue weighted by Crippen LogP contribution is -2.40. The van der Waals surface area contributed by atoms with Gasteiger partial charge in [0.25, 0.3) is 0 Å². The highest BCUT2D eigenvalue weighted by molar-refractivity contribution is 5.90. The van der Waals surface area contributed by atoms with Gasteiger partial charge in [-0.05, 0) is 30.5 Å². The third-order valence-electron chi connectivity index (χ3n) is 4.06. The van der Waals surface area contributed by atoms with Gasteiger partial charge in [0.1, 0.15) is 0 Å². The van der Waals surface area contributed by atoms with E-state index < -0.39 is 0 Å². The Morgan fingerprint density at radius 2 is 2.17 bits per heavy atom. The molecule has 0 bridgehead atoms. The first kappa shape index (κ1) is 9.95. The van der Waals surface area contributed by atoms with E-state index in [-0.39, 0.29) is 11.9 Å². The second-order valence-electron chi connectivity index (χ2n) is 5.00. The molecule has 4 rings (SSSR count). The fourth-order valence-corrected chi connectivity index (χ4v) is 3.22. The number of hydrogen-bond donors (Lipinski definition) is 1. The van der Waals surface area contributed by atoms with Crippen molar-refractivity contribution >= 4 is 16.8 Å². The molecule has 1 aromatic carbocycles. The summed E-state index contributed by atoms with van der Waals surface area (Å²) in [5.74, 6) is 0.149. The van der Waals surface area contributed by atoms with Crippen LogP contribution in [0.25, 0.3) is 10.9 Å². The van der Waals surface area contributed by atoms with Crippen LogP contribution in [-0.4, -0.2) is 22.3 Å². The summed E-state index contributed by atoms with van der Waals surface area (Å²) >= 11 is 0. The summed E-state index contributed by atoms with van der Waals surface area (Å²) < 4.78 is 0. The Balaban J connectivity index is 1.93. The van der Waals surface area contributed by atoms with Crippen molar-refractivity contribution in [3.8, 4) is 0 Å². The summed E-state index contributed by atoms with van der Waals surface area (Å²) in [6.45, 7) is 0.836. The van der Waals surface area contributed by atoms with Crippen LogP contribution >= 0.6 is 0 Å². The SMILES string of the molecule is O=C1C=CC[C@@H]2c3[nH]c4ccccc4c3CCN12. The van der Waals surface area contributed by atoms with Crippen LogP contribution in [0.15, 0.2) is 36.4 Å². The van der Waals surface area contributed by atoms with E-state index in [2.05, 4.69) is 23.2 Å². The molecule has 3 heteroatoms. The van der Waals surface area contributed by atoms with Gasteiger partial charge in [0.15, 0.2) is 0 Å². The zero-order valence-electron chi connectivity index (χ0n) is 10.0. The average Bonchev–Trinajstić information content (AvgIpc) is 2.78. The predicted octanol–water partition coefficient (Wildman–Crippen LogP) is 2.55. The fourth-order valence-electron chi connectivity index (χ4n) is 3.22. The lowest BCUT2D eigenvalue weighted by Gasteiger charge is -2.36. The topological polar surface area (TPSA) is 36.1 Å². The number of H-pyrrole nitrogens is 1. The monoisotopic (exact) mass is 238 g/mol. The molecule has 2 aliphatic heterocycles. The molecule has 2 aliphatic rings. The average molecular weight is 238 g/mol. The number of nitrogens with one attached hydrogen (secondary N) is 1. The first-order valence-corrected chi connectivity index (χ1v) is 6.41. The van der Waals surface area contributed by atoms with Gasteiger partial charge in [-0.1, -0.05) is 24.3 Å². The molecule has 0 aliphatic carbocycles. The number of carbonyl (C=O) groups is 1. The summed E-state index contributed by atoms with van der Waals surface area (Å²) in [7, 11) is 0. The minimum Gasteiger partial charge on any atom is -0.356 e. The molecule has 3 heterocycles. The molecule has 90 valence electrons. The molecule has 0 saturated heterocycles. The quantitative estimate of drug-likeness (QED) is 0.752. The lowest BCUT2D eigenvalue weighted by molar-refractivity contribution is -0.129. The fraction of sp³-hybridized carbons (Fsp3) is 0.267. The second-order valence-corrected chi connectivity index (χ2v) is 5.00. The summed E-state index contributed by atoms with van der Waals surface area (Å²) in [5, 5.41) is 1.31. The largest absolute Gasteiger partial charge is 0.356 e. The van der Waals surface area contributed by atoms with Crippen molar-refractivity contribution in [2.45, 2.75) is 18.9 Å². The first-order chi connectivity index (χ1) is 8.84. The van der Waals surface area contributed by atoms with Crippen LogP contribution in [-0.2, 0) is 11.2 Å². The molecule has 18 heavy (non-hydrogen) atoms. The molecule has 0 spiro atoms. The Kier molecular flexibility index (Phi) is 1.92. The summed E-state index contributed by atoms with van der Waals surface area (Å²) in [5.41, 5.74) is 3.82. The highest BCUT2D eigenvalue weighted by Crippen LogP contribution is 2.37. The Hall–Kier alpha value is -2.03. The molecular weight excluding hydrogens is 224 g/mol. The van der Waals surface area contributed by atoms with E-state index in [1.807, 2.05) is 17.0 Å². The van der Waals surface area contributed by atoms with Gasteiger partial charge in [-0.15, -0.1) is 0 Å². The number of rotatable bonds is 0. The molecule has 0 radical (unpaired) electrons. The Labute approximate surface area is 105 Å². The van der Waals surface area contributed by atoms with E-state index in [1.165, 1.54) is 22.2 Å². The molecule has 1 aromatic heterocycles. The van der Waals surface area contributed by atoms with Gasteiger partial charge >= 0.3 is 0 Å². The zero-order chi connectivity index (χ0) is 12.1. The smallest absolute Gasteiger partial charge is 0.246 e. The standard InChI is InChI=1S/C15H14N2O/c18-14-7-3-6-13-15-11(8-9-17(13)14)10-4-1-2-5-12(10)16-15/h1-5,7,13,16H,6,8-9H2/t13-/m1/s1. The minimum absolute atomic E-state index is 0.149. The van der Waals surface area contributed by atoms with Crippen LogP contribution in [0.5, 0.6) is 0 Å². The van der Waals surface area contributed by atoms with Crippen LogP contribution in [0.3, 0.4) is 0 Å². The molecule has 3 nitrogen and oxygen atoms in total. The number of benzene rings is 1. The van der Waals surface area contributed by atoms with Gasteiger partial charge in [-0.3, -0.25) is 4.79 Å². The van der Waals surface area contributed by atoms with Crippen molar-refractivity contribution in [1.82, 2.24) is 9.88 Å². The summed E-state index contributed by atoms with van der Waals surface area (Å²) in [6, 6.07) is 8.61. The third-order valence-corrected chi connectivity index (χ3v) is 4.06. The number of carbonyl (C=O) groups excluding carboxylic acids is 1. The van der Waals surface area contributed by atoms with Crippen molar-refractivity contribution in [2.75, 3.05) is 6.54 Å². The molecule has 0 saturated carbocycles. The van der Waals surface area contributed by atoms with Crippen LogP contribution in [0.2, 0.25) is 0 Å². The Morgan fingerprint density at radius 3 is 3.11 bits per heavy atom. The van der Waals surface area contributed by atoms with Crippen molar-refractivity contribution in [3.63, 3.8) is 0 Å². The van der Waals surface area contributed by atoms with Crippen LogP contribution in [0, 0.1) is 0 Å². The molecule has 2 aromatic rings. The van der Waals surface area contributed by atoms with E-state index in [0.29, 0.717) is 0 Å². The van der Waals surface area contributed by atoms with Gasteiger partial charge in [-0.25, -0.2) is 0 Å². The number of aromatic nitrogens is 1. The number of para-hydroxylation sites is 1. The highest BCUT2D eigenvalue weighted by Gasteiger charge is 2.33. The zero-order valence-corrected chi connectivity index (χ0v) is 10.0. The third kappa shape index (κ3) is 1.22. The number of nitrogens with zero attached hydrogens (tertiary/aromatic N) is 1. The summed E-state index contributed by atoms with van der Waals surface area (Å²) in [6.07, 6.45) is 5.56. The van der Waals surface area contributed by atoms with E-state index in [1.54, 1.807) is 6.08 Å². The van der Waals surface area contributed by atoms with Gasteiger partial charge in [0, 0.05) is 23.1 Å². The van der Waals surface area contributed by atoms with Crippen molar-refractivity contribution < 1.29 is 4.79 Å². The number of fused-ring (bicyclic) bond motifs is 5. The van der Waals surface area contributed by atoms with Gasteiger partial charge in [0.2, 0.25) is 5.91 Å². The second kappa shape index (κ2) is 3.48.